The number of rotatable bonds is 5. The fourth-order valence-electron chi connectivity index (χ4n) is 3.00. The molecule has 2 unspecified atom stereocenters. The molecule has 0 aromatic heterocycles. The van der Waals surface area contributed by atoms with Gasteiger partial charge >= 0.3 is 0 Å². The van der Waals surface area contributed by atoms with Gasteiger partial charge in [-0.3, -0.25) is 0 Å². The summed E-state index contributed by atoms with van der Waals surface area (Å²) in [7, 11) is 0. The predicted molar refractivity (Wildman–Crippen MR) is 85.8 cm³/mol. The molecule has 1 saturated heterocycles. The van der Waals surface area contributed by atoms with Crippen molar-refractivity contribution in [2.75, 3.05) is 13.2 Å². The Hall–Kier alpha value is -1.80. The van der Waals surface area contributed by atoms with Crippen molar-refractivity contribution >= 4 is 0 Å². The van der Waals surface area contributed by atoms with Gasteiger partial charge in [-0.05, 0) is 42.9 Å². The van der Waals surface area contributed by atoms with Crippen molar-refractivity contribution in [2.24, 2.45) is 0 Å². The minimum absolute atomic E-state index is 0.438. The highest BCUT2D eigenvalue weighted by molar-refractivity contribution is 5.21. The lowest BCUT2D eigenvalue weighted by Crippen LogP contribution is -2.33. The van der Waals surface area contributed by atoms with E-state index in [4.69, 9.17) is 10.1 Å². The number of hydrogen-bond acceptors (Lipinski definition) is 1. The number of hydrogen-bond donors (Lipinski definition) is 0. The van der Waals surface area contributed by atoms with Crippen LogP contribution in [0.3, 0.4) is 0 Å². The number of para-hydroxylation sites is 1. The van der Waals surface area contributed by atoms with E-state index in [1.165, 1.54) is 12.0 Å². The molecule has 21 heavy (non-hydrogen) atoms. The van der Waals surface area contributed by atoms with Crippen LogP contribution in [0, 0.1) is 0 Å². The van der Waals surface area contributed by atoms with Crippen molar-refractivity contribution in [3.63, 3.8) is 0 Å². The predicted octanol–water partition coefficient (Wildman–Crippen LogP) is 4.01. The maximum atomic E-state index is 5.79. The van der Waals surface area contributed by atoms with Crippen molar-refractivity contribution in [3.05, 3.63) is 66.2 Å². The van der Waals surface area contributed by atoms with Gasteiger partial charge in [0.25, 0.3) is 0 Å². The Bertz CT molecular complexity index is 526. The molecule has 1 fully saturated rings. The lowest BCUT2D eigenvalue weighted by molar-refractivity contribution is 0.256. The molecule has 2 atom stereocenters. The highest BCUT2D eigenvalue weighted by atomic mass is 16.5. The van der Waals surface area contributed by atoms with Gasteiger partial charge in [-0.15, -0.1) is 0 Å². The van der Waals surface area contributed by atoms with E-state index in [1.807, 2.05) is 30.3 Å². The third kappa shape index (κ3) is 4.08. The van der Waals surface area contributed by atoms with Gasteiger partial charge in [-0.25, -0.2) is 5.32 Å². The summed E-state index contributed by atoms with van der Waals surface area (Å²) in [5.41, 5.74) is 1.46. The monoisotopic (exact) mass is 280 g/mol. The van der Waals surface area contributed by atoms with Crippen molar-refractivity contribution in [1.82, 2.24) is 5.32 Å². The summed E-state index contributed by atoms with van der Waals surface area (Å²) >= 11 is 0. The van der Waals surface area contributed by atoms with Gasteiger partial charge < -0.3 is 4.74 Å². The van der Waals surface area contributed by atoms with Crippen molar-refractivity contribution in [2.45, 2.75) is 31.2 Å². The Kier molecular flexibility index (Phi) is 4.90. The summed E-state index contributed by atoms with van der Waals surface area (Å²) in [5.74, 6) is 1.61. The van der Waals surface area contributed by atoms with Crippen LogP contribution in [0.25, 0.3) is 0 Å². The van der Waals surface area contributed by atoms with E-state index in [2.05, 4.69) is 30.3 Å². The minimum Gasteiger partial charge on any atom is -0.494 e. The maximum Gasteiger partial charge on any atom is 0.119 e. The molecule has 0 spiro atoms. The second-order valence-electron chi connectivity index (χ2n) is 5.64. The largest absolute Gasteiger partial charge is 0.494 e. The first-order valence-corrected chi connectivity index (χ1v) is 7.81. The zero-order valence-corrected chi connectivity index (χ0v) is 12.3. The van der Waals surface area contributed by atoms with Gasteiger partial charge in [0.2, 0.25) is 0 Å². The molecule has 0 saturated carbocycles. The first kappa shape index (κ1) is 14.2. The molecule has 1 aliphatic rings. The summed E-state index contributed by atoms with van der Waals surface area (Å²) < 4.78 is 5.79. The molecule has 2 aromatic rings. The summed E-state index contributed by atoms with van der Waals surface area (Å²) in [5, 5.41) is 4.76. The molecular formula is C19H22NO. The van der Waals surface area contributed by atoms with Crippen molar-refractivity contribution in [1.29, 1.82) is 0 Å². The molecule has 0 amide bonds. The summed E-state index contributed by atoms with van der Waals surface area (Å²) in [4.78, 5) is 0. The fourth-order valence-corrected chi connectivity index (χ4v) is 3.00. The van der Waals surface area contributed by atoms with Gasteiger partial charge in [-0.2, -0.15) is 0 Å². The van der Waals surface area contributed by atoms with Gasteiger partial charge in [0.15, 0.2) is 0 Å². The fraction of sp³-hybridized carbons (Fsp3) is 0.368. The van der Waals surface area contributed by atoms with Crippen LogP contribution in [0.2, 0.25) is 0 Å². The third-order valence-electron chi connectivity index (χ3n) is 4.16. The highest BCUT2D eigenvalue weighted by Gasteiger charge is 2.23. The molecule has 2 heteroatoms. The number of nitrogens with zero attached hydrogens (tertiary/aromatic N) is 1. The van der Waals surface area contributed by atoms with Crippen LogP contribution in [-0.2, 0) is 0 Å². The van der Waals surface area contributed by atoms with Crippen molar-refractivity contribution < 1.29 is 4.74 Å². The van der Waals surface area contributed by atoms with Crippen LogP contribution in [-0.4, -0.2) is 19.2 Å². The number of benzene rings is 2. The summed E-state index contributed by atoms with van der Waals surface area (Å²) in [6.07, 6.45) is 3.35. The van der Waals surface area contributed by atoms with E-state index in [-0.39, 0.29) is 0 Å². The molecule has 1 radical (unpaired) electrons. The Morgan fingerprint density at radius 3 is 2.43 bits per heavy atom. The van der Waals surface area contributed by atoms with Crippen LogP contribution in [0.4, 0.5) is 0 Å². The molecular weight excluding hydrogens is 258 g/mol. The lowest BCUT2D eigenvalue weighted by atomic mass is 9.85. The van der Waals surface area contributed by atoms with Crippen LogP contribution in [0.15, 0.2) is 60.7 Å². The molecule has 2 aromatic carbocycles. The first-order valence-electron chi connectivity index (χ1n) is 7.81. The molecule has 2 nitrogen and oxygen atoms in total. The van der Waals surface area contributed by atoms with E-state index in [0.717, 1.165) is 31.7 Å². The second-order valence-corrected chi connectivity index (χ2v) is 5.64. The van der Waals surface area contributed by atoms with E-state index >= 15 is 0 Å². The lowest BCUT2D eigenvalue weighted by Gasteiger charge is -2.29. The Morgan fingerprint density at radius 2 is 1.67 bits per heavy atom. The number of ether oxygens (including phenoxy) is 1. The van der Waals surface area contributed by atoms with Gasteiger partial charge in [-0.1, -0.05) is 48.5 Å². The molecule has 0 N–H and O–H groups in total. The quantitative estimate of drug-likeness (QED) is 0.811. The van der Waals surface area contributed by atoms with E-state index in [0.29, 0.717) is 12.0 Å². The molecule has 3 rings (SSSR count). The SMILES string of the molecule is c1ccc(OCCC2CC(c3ccccc3)CC[N]2)cc1. The average molecular weight is 280 g/mol. The van der Waals surface area contributed by atoms with E-state index in [9.17, 15) is 0 Å². The topological polar surface area (TPSA) is 23.3 Å². The Morgan fingerprint density at radius 1 is 0.952 bits per heavy atom. The first-order chi connectivity index (χ1) is 10.4. The molecule has 109 valence electrons. The minimum atomic E-state index is 0.438. The standard InChI is InChI=1S/C19H22NO/c1-3-7-16(8-4-1)17-11-13-20-18(15-17)12-14-21-19-9-5-2-6-10-19/h1-10,17-18H,11-15H2. The average Bonchev–Trinajstić information content (AvgIpc) is 2.57. The van der Waals surface area contributed by atoms with Crippen LogP contribution >= 0.6 is 0 Å². The van der Waals surface area contributed by atoms with Crippen molar-refractivity contribution in [3.8, 4) is 5.75 Å². The van der Waals surface area contributed by atoms with Gasteiger partial charge in [0.05, 0.1) is 6.61 Å². The van der Waals surface area contributed by atoms with Crippen LogP contribution in [0.5, 0.6) is 5.75 Å². The zero-order valence-electron chi connectivity index (χ0n) is 12.3. The highest BCUT2D eigenvalue weighted by Crippen LogP contribution is 2.29. The molecule has 1 heterocycles. The normalized spacial score (nSPS) is 21.9. The molecule has 1 aliphatic heterocycles. The summed E-state index contributed by atoms with van der Waals surface area (Å²) in [6.45, 7) is 1.73. The Balaban J connectivity index is 1.48. The number of piperidine rings is 1. The zero-order chi connectivity index (χ0) is 14.3. The molecule has 0 bridgehead atoms. The van der Waals surface area contributed by atoms with Gasteiger partial charge in [0, 0.05) is 12.6 Å². The third-order valence-corrected chi connectivity index (χ3v) is 4.16. The van der Waals surface area contributed by atoms with Gasteiger partial charge in [0.1, 0.15) is 5.75 Å². The maximum absolute atomic E-state index is 5.79. The Labute approximate surface area is 127 Å². The second kappa shape index (κ2) is 7.28. The van der Waals surface area contributed by atoms with E-state index < -0.39 is 0 Å². The molecule has 0 aliphatic carbocycles. The van der Waals surface area contributed by atoms with Crippen LogP contribution < -0.4 is 10.1 Å². The smallest absolute Gasteiger partial charge is 0.119 e. The summed E-state index contributed by atoms with van der Waals surface area (Å²) in [6, 6.07) is 21.3. The van der Waals surface area contributed by atoms with Crippen LogP contribution in [0.1, 0.15) is 30.7 Å². The van der Waals surface area contributed by atoms with E-state index in [1.54, 1.807) is 0 Å².